The van der Waals surface area contributed by atoms with Gasteiger partial charge in [-0.2, -0.15) is 8.78 Å². The van der Waals surface area contributed by atoms with E-state index in [9.17, 15) is 13.6 Å². The van der Waals surface area contributed by atoms with Crippen LogP contribution in [0.4, 0.5) is 8.78 Å². The molecular formula is C22H19F2NO3. The second kappa shape index (κ2) is 9.50. The molecule has 0 saturated heterocycles. The smallest absolute Gasteiger partial charge is 0.387 e. The van der Waals surface area contributed by atoms with Crippen LogP contribution in [0.15, 0.2) is 84.9 Å². The monoisotopic (exact) mass is 383 g/mol. The van der Waals surface area contributed by atoms with Gasteiger partial charge in [-0.25, -0.2) is 0 Å². The fourth-order valence-corrected chi connectivity index (χ4v) is 2.71. The first-order valence-electron chi connectivity index (χ1n) is 8.69. The summed E-state index contributed by atoms with van der Waals surface area (Å²) in [5, 5.41) is 2.93. The predicted molar refractivity (Wildman–Crippen MR) is 101 cm³/mol. The predicted octanol–water partition coefficient (Wildman–Crippen LogP) is 4.57. The summed E-state index contributed by atoms with van der Waals surface area (Å²) in [5.74, 6) is 0.359. The van der Waals surface area contributed by atoms with E-state index in [1.54, 1.807) is 24.3 Å². The number of hydrogen-bond donors (Lipinski definition) is 1. The van der Waals surface area contributed by atoms with Crippen molar-refractivity contribution in [3.63, 3.8) is 0 Å². The minimum absolute atomic E-state index is 0.0595. The van der Waals surface area contributed by atoms with Crippen LogP contribution < -0.4 is 14.8 Å². The van der Waals surface area contributed by atoms with Crippen molar-refractivity contribution in [2.24, 2.45) is 0 Å². The van der Waals surface area contributed by atoms with Crippen molar-refractivity contribution >= 4 is 5.91 Å². The fraction of sp³-hybridized carbons (Fsp3) is 0.136. The third kappa shape index (κ3) is 5.54. The topological polar surface area (TPSA) is 47.6 Å². The van der Waals surface area contributed by atoms with Crippen LogP contribution in [0.2, 0.25) is 0 Å². The van der Waals surface area contributed by atoms with Crippen LogP contribution >= 0.6 is 0 Å². The van der Waals surface area contributed by atoms with Gasteiger partial charge in [0.05, 0.1) is 6.04 Å². The molecule has 0 saturated carbocycles. The summed E-state index contributed by atoms with van der Waals surface area (Å²) in [6.45, 7) is -3.02. The molecule has 0 aliphatic heterocycles. The van der Waals surface area contributed by atoms with E-state index in [-0.39, 0.29) is 18.3 Å². The lowest BCUT2D eigenvalue weighted by Crippen LogP contribution is -2.33. The Kier molecular flexibility index (Phi) is 6.57. The Balaban J connectivity index is 1.73. The minimum Gasteiger partial charge on any atom is -0.484 e. The van der Waals surface area contributed by atoms with Gasteiger partial charge in [0, 0.05) is 0 Å². The highest BCUT2D eigenvalue weighted by molar-refractivity contribution is 5.78. The molecule has 0 bridgehead atoms. The number of benzene rings is 3. The molecule has 144 valence electrons. The van der Waals surface area contributed by atoms with Gasteiger partial charge in [-0.15, -0.1) is 0 Å². The van der Waals surface area contributed by atoms with E-state index in [0.29, 0.717) is 5.75 Å². The maximum Gasteiger partial charge on any atom is 0.387 e. The van der Waals surface area contributed by atoms with Crippen molar-refractivity contribution in [3.05, 3.63) is 96.1 Å². The molecule has 1 amide bonds. The zero-order valence-corrected chi connectivity index (χ0v) is 14.9. The van der Waals surface area contributed by atoms with Crippen LogP contribution in [-0.2, 0) is 4.79 Å². The molecule has 0 aliphatic carbocycles. The number of nitrogens with one attached hydrogen (secondary N) is 1. The first kappa shape index (κ1) is 19.4. The molecular weight excluding hydrogens is 364 g/mol. The normalized spacial score (nSPS) is 11.7. The number of rotatable bonds is 8. The summed E-state index contributed by atoms with van der Waals surface area (Å²) in [6, 6.07) is 24.1. The van der Waals surface area contributed by atoms with E-state index in [2.05, 4.69) is 10.1 Å². The molecule has 0 aliphatic rings. The molecule has 1 atom stereocenters. The Labute approximate surface area is 161 Å². The van der Waals surface area contributed by atoms with Gasteiger partial charge in [0.15, 0.2) is 6.61 Å². The van der Waals surface area contributed by atoms with E-state index < -0.39 is 12.7 Å². The Morgan fingerprint density at radius 1 is 0.786 bits per heavy atom. The van der Waals surface area contributed by atoms with Crippen molar-refractivity contribution in [3.8, 4) is 11.5 Å². The largest absolute Gasteiger partial charge is 0.484 e. The van der Waals surface area contributed by atoms with E-state index >= 15 is 0 Å². The van der Waals surface area contributed by atoms with Crippen molar-refractivity contribution in [2.75, 3.05) is 6.61 Å². The number of halogens is 2. The maximum absolute atomic E-state index is 12.4. The summed E-state index contributed by atoms with van der Waals surface area (Å²) < 4.78 is 34.6. The maximum atomic E-state index is 12.4. The lowest BCUT2D eigenvalue weighted by molar-refractivity contribution is -0.123. The van der Waals surface area contributed by atoms with Crippen LogP contribution in [0.3, 0.4) is 0 Å². The van der Waals surface area contributed by atoms with E-state index in [1.165, 1.54) is 12.1 Å². The van der Waals surface area contributed by atoms with E-state index in [0.717, 1.165) is 11.1 Å². The summed E-state index contributed by atoms with van der Waals surface area (Å²) in [7, 11) is 0. The number of hydrogen-bond acceptors (Lipinski definition) is 3. The number of ether oxygens (including phenoxy) is 2. The van der Waals surface area contributed by atoms with E-state index in [4.69, 9.17) is 4.74 Å². The van der Waals surface area contributed by atoms with Crippen LogP contribution in [0.5, 0.6) is 11.5 Å². The standard InChI is InChI=1S/C22H19F2NO3/c23-22(24)28-19-13-11-17(12-14-19)21(16-7-3-1-4-8-16)25-20(26)15-27-18-9-5-2-6-10-18/h1-14,21-22H,15H2,(H,25,26). The zero-order valence-electron chi connectivity index (χ0n) is 14.9. The molecule has 0 aromatic heterocycles. The van der Waals surface area contributed by atoms with Gasteiger partial charge in [-0.3, -0.25) is 4.79 Å². The van der Waals surface area contributed by atoms with Gasteiger partial charge >= 0.3 is 6.61 Å². The average molecular weight is 383 g/mol. The van der Waals surface area contributed by atoms with Crippen molar-refractivity contribution in [2.45, 2.75) is 12.7 Å². The van der Waals surface area contributed by atoms with Crippen LogP contribution in [0.25, 0.3) is 0 Å². The summed E-state index contributed by atoms with van der Waals surface area (Å²) in [5.41, 5.74) is 1.60. The van der Waals surface area contributed by atoms with Gasteiger partial charge in [0.1, 0.15) is 11.5 Å². The fourth-order valence-electron chi connectivity index (χ4n) is 2.71. The number of para-hydroxylation sites is 1. The highest BCUT2D eigenvalue weighted by Crippen LogP contribution is 2.25. The Morgan fingerprint density at radius 3 is 1.96 bits per heavy atom. The highest BCUT2D eigenvalue weighted by atomic mass is 19.3. The second-order valence-electron chi connectivity index (χ2n) is 5.96. The third-order valence-corrected chi connectivity index (χ3v) is 3.99. The number of amides is 1. The Hall–Kier alpha value is -3.41. The lowest BCUT2D eigenvalue weighted by Gasteiger charge is -2.20. The lowest BCUT2D eigenvalue weighted by atomic mass is 9.98. The number of carbonyl (C=O) groups excluding carboxylic acids is 1. The summed E-state index contributed by atoms with van der Waals surface area (Å²) in [6.07, 6.45) is 0. The quantitative estimate of drug-likeness (QED) is 0.620. The first-order chi connectivity index (χ1) is 13.6. The molecule has 3 rings (SSSR count). The zero-order chi connectivity index (χ0) is 19.8. The van der Waals surface area contributed by atoms with Gasteiger partial charge in [-0.05, 0) is 35.4 Å². The molecule has 4 nitrogen and oxygen atoms in total. The Morgan fingerprint density at radius 2 is 1.36 bits per heavy atom. The van der Waals surface area contributed by atoms with Crippen LogP contribution in [0, 0.1) is 0 Å². The molecule has 0 spiro atoms. The van der Waals surface area contributed by atoms with Gasteiger partial charge in [-0.1, -0.05) is 60.7 Å². The molecule has 6 heteroatoms. The molecule has 28 heavy (non-hydrogen) atoms. The third-order valence-electron chi connectivity index (χ3n) is 3.99. The molecule has 3 aromatic carbocycles. The summed E-state index contributed by atoms with van der Waals surface area (Å²) >= 11 is 0. The first-order valence-corrected chi connectivity index (χ1v) is 8.69. The van der Waals surface area contributed by atoms with Crippen molar-refractivity contribution < 1.29 is 23.0 Å². The van der Waals surface area contributed by atoms with Gasteiger partial charge < -0.3 is 14.8 Å². The van der Waals surface area contributed by atoms with Gasteiger partial charge in [0.25, 0.3) is 5.91 Å². The van der Waals surface area contributed by atoms with Crippen molar-refractivity contribution in [1.29, 1.82) is 0 Å². The van der Waals surface area contributed by atoms with E-state index in [1.807, 2.05) is 48.5 Å². The molecule has 0 heterocycles. The second-order valence-corrected chi connectivity index (χ2v) is 5.96. The number of carbonyl (C=O) groups is 1. The molecule has 1 unspecified atom stereocenters. The number of alkyl halides is 2. The molecule has 0 radical (unpaired) electrons. The van der Waals surface area contributed by atoms with Crippen LogP contribution in [0.1, 0.15) is 17.2 Å². The SMILES string of the molecule is O=C(COc1ccccc1)NC(c1ccccc1)c1ccc(OC(F)F)cc1. The van der Waals surface area contributed by atoms with Gasteiger partial charge in [0.2, 0.25) is 0 Å². The average Bonchev–Trinajstić information content (AvgIpc) is 2.72. The van der Waals surface area contributed by atoms with Crippen molar-refractivity contribution in [1.82, 2.24) is 5.32 Å². The summed E-state index contributed by atoms with van der Waals surface area (Å²) in [4.78, 5) is 12.4. The molecule has 3 aromatic rings. The minimum atomic E-state index is -2.88. The molecule has 1 N–H and O–H groups in total. The molecule has 0 fully saturated rings. The van der Waals surface area contributed by atoms with Crippen LogP contribution in [-0.4, -0.2) is 19.1 Å². The highest BCUT2D eigenvalue weighted by Gasteiger charge is 2.17. The Bertz CT molecular complexity index is 871.